The van der Waals surface area contributed by atoms with Crippen molar-refractivity contribution in [2.75, 3.05) is 33.3 Å². The number of carbonyl (C=O) groups is 3. The molecule has 8 nitrogen and oxygen atoms in total. The Labute approximate surface area is 123 Å². The van der Waals surface area contributed by atoms with Crippen LogP contribution in [0.25, 0.3) is 0 Å². The van der Waals surface area contributed by atoms with Gasteiger partial charge in [0.15, 0.2) is 0 Å². The average molecular weight is 299 g/mol. The van der Waals surface area contributed by atoms with Crippen molar-refractivity contribution in [1.29, 1.82) is 0 Å². The van der Waals surface area contributed by atoms with E-state index in [0.717, 1.165) is 6.54 Å². The Morgan fingerprint density at radius 3 is 2.52 bits per heavy atom. The maximum atomic E-state index is 11.7. The molecule has 3 N–H and O–H groups in total. The summed E-state index contributed by atoms with van der Waals surface area (Å²) in [7, 11) is 1.96. The van der Waals surface area contributed by atoms with Crippen LogP contribution in [0.3, 0.4) is 0 Å². The number of likely N-dealkylation sites (N-methyl/N-ethyl adjacent to an activating group) is 1. The van der Waals surface area contributed by atoms with Crippen LogP contribution in [0.5, 0.6) is 0 Å². The van der Waals surface area contributed by atoms with E-state index in [-0.39, 0.29) is 23.8 Å². The molecule has 0 aromatic rings. The lowest BCUT2D eigenvalue weighted by Gasteiger charge is -2.30. The van der Waals surface area contributed by atoms with Gasteiger partial charge >= 0.3 is 12.0 Å². The van der Waals surface area contributed by atoms with Gasteiger partial charge < -0.3 is 20.1 Å². The predicted octanol–water partition coefficient (Wildman–Crippen LogP) is -0.436. The molecule has 0 saturated carbocycles. The summed E-state index contributed by atoms with van der Waals surface area (Å²) in [6.45, 7) is 5.09. The van der Waals surface area contributed by atoms with Gasteiger partial charge in [0.05, 0.1) is 12.7 Å². The largest absolute Gasteiger partial charge is 0.478 e. The zero-order chi connectivity index (χ0) is 16.0. The van der Waals surface area contributed by atoms with Crippen molar-refractivity contribution in [2.45, 2.75) is 20.0 Å². The summed E-state index contributed by atoms with van der Waals surface area (Å²) in [6, 6.07) is -0.672. The number of morpholine rings is 1. The van der Waals surface area contributed by atoms with Crippen LogP contribution in [0.15, 0.2) is 11.1 Å². The maximum absolute atomic E-state index is 11.7. The molecule has 0 bridgehead atoms. The van der Waals surface area contributed by atoms with Crippen LogP contribution in [-0.2, 0) is 14.3 Å². The van der Waals surface area contributed by atoms with Crippen molar-refractivity contribution in [3.05, 3.63) is 11.1 Å². The van der Waals surface area contributed by atoms with Gasteiger partial charge in [-0.15, -0.1) is 0 Å². The zero-order valence-electron chi connectivity index (χ0n) is 12.4. The highest BCUT2D eigenvalue weighted by Crippen LogP contribution is 2.03. The topological polar surface area (TPSA) is 108 Å². The van der Waals surface area contributed by atoms with E-state index in [1.165, 1.54) is 13.8 Å². The van der Waals surface area contributed by atoms with E-state index in [1.54, 1.807) is 0 Å². The van der Waals surface area contributed by atoms with Crippen molar-refractivity contribution in [1.82, 2.24) is 15.5 Å². The highest BCUT2D eigenvalue weighted by molar-refractivity contribution is 6.07. The van der Waals surface area contributed by atoms with E-state index in [2.05, 4.69) is 15.5 Å². The smallest absolute Gasteiger partial charge is 0.331 e. The second-order valence-electron chi connectivity index (χ2n) is 4.97. The van der Waals surface area contributed by atoms with Gasteiger partial charge in [-0.25, -0.2) is 9.59 Å². The quantitative estimate of drug-likeness (QED) is 0.608. The average Bonchev–Trinajstić information content (AvgIpc) is 2.43. The van der Waals surface area contributed by atoms with E-state index in [0.29, 0.717) is 13.2 Å². The number of amides is 3. The highest BCUT2D eigenvalue weighted by Gasteiger charge is 2.19. The van der Waals surface area contributed by atoms with Crippen LogP contribution in [0.2, 0.25) is 0 Å². The first-order valence-electron chi connectivity index (χ1n) is 6.61. The SMILES string of the molecule is CC(C(=O)O)=C(C)C(=O)NC(=O)NCC1CN(C)CCO1. The summed E-state index contributed by atoms with van der Waals surface area (Å²) in [6.07, 6.45) is -0.123. The Hall–Kier alpha value is -1.93. The van der Waals surface area contributed by atoms with E-state index in [4.69, 9.17) is 9.84 Å². The van der Waals surface area contributed by atoms with Gasteiger partial charge in [-0.1, -0.05) is 0 Å². The van der Waals surface area contributed by atoms with Crippen molar-refractivity contribution in [3.63, 3.8) is 0 Å². The molecule has 0 radical (unpaired) electrons. The lowest BCUT2D eigenvalue weighted by molar-refractivity contribution is -0.133. The number of carboxylic acids is 1. The monoisotopic (exact) mass is 299 g/mol. The van der Waals surface area contributed by atoms with Gasteiger partial charge in [0, 0.05) is 30.8 Å². The third kappa shape index (κ3) is 5.52. The van der Waals surface area contributed by atoms with Crippen LogP contribution in [0.1, 0.15) is 13.8 Å². The lowest BCUT2D eigenvalue weighted by atomic mass is 10.1. The Balaban J connectivity index is 2.41. The van der Waals surface area contributed by atoms with Gasteiger partial charge in [0.2, 0.25) is 0 Å². The zero-order valence-corrected chi connectivity index (χ0v) is 12.4. The molecule has 0 spiro atoms. The molecule has 0 aromatic carbocycles. The number of hydrogen-bond donors (Lipinski definition) is 3. The molecule has 1 heterocycles. The van der Waals surface area contributed by atoms with Crippen LogP contribution < -0.4 is 10.6 Å². The minimum absolute atomic E-state index is 0.00806. The molecule has 21 heavy (non-hydrogen) atoms. The molecule has 1 aliphatic rings. The first-order chi connectivity index (χ1) is 9.81. The Morgan fingerprint density at radius 2 is 1.95 bits per heavy atom. The number of ether oxygens (including phenoxy) is 1. The maximum Gasteiger partial charge on any atom is 0.331 e. The molecule has 1 atom stereocenters. The Bertz CT molecular complexity index is 461. The molecule has 8 heteroatoms. The standard InChI is InChI=1S/C13H21N3O5/c1-8(9(2)12(18)19)11(17)15-13(20)14-6-10-7-16(3)4-5-21-10/h10H,4-7H2,1-3H3,(H,18,19)(H2,14,15,17,20). The number of carboxylic acid groups (broad SMARTS) is 1. The Morgan fingerprint density at radius 1 is 1.29 bits per heavy atom. The van der Waals surface area contributed by atoms with E-state index < -0.39 is 17.9 Å². The normalized spacial score (nSPS) is 20.4. The lowest BCUT2D eigenvalue weighted by Crippen LogP contribution is -2.48. The number of aliphatic carboxylic acids is 1. The first kappa shape index (κ1) is 17.1. The number of nitrogens with zero attached hydrogens (tertiary/aromatic N) is 1. The number of hydrogen-bond acceptors (Lipinski definition) is 5. The molecule has 1 unspecified atom stereocenters. The summed E-state index contributed by atoms with van der Waals surface area (Å²) < 4.78 is 5.46. The minimum Gasteiger partial charge on any atom is -0.478 e. The fourth-order valence-corrected chi connectivity index (χ4v) is 1.77. The molecule has 1 saturated heterocycles. The summed E-state index contributed by atoms with van der Waals surface area (Å²) >= 11 is 0. The van der Waals surface area contributed by atoms with Crippen molar-refractivity contribution < 1.29 is 24.2 Å². The number of imide groups is 1. The third-order valence-corrected chi connectivity index (χ3v) is 3.28. The van der Waals surface area contributed by atoms with Gasteiger partial charge in [0.25, 0.3) is 5.91 Å². The molecular weight excluding hydrogens is 278 g/mol. The minimum atomic E-state index is -1.19. The van der Waals surface area contributed by atoms with Gasteiger partial charge in [0.1, 0.15) is 0 Å². The van der Waals surface area contributed by atoms with E-state index in [9.17, 15) is 14.4 Å². The molecule has 3 amide bonds. The number of urea groups is 1. The number of rotatable bonds is 4. The summed E-state index contributed by atoms with van der Waals surface area (Å²) in [5.74, 6) is -1.92. The molecule has 118 valence electrons. The fourth-order valence-electron chi connectivity index (χ4n) is 1.77. The first-order valence-corrected chi connectivity index (χ1v) is 6.61. The fraction of sp³-hybridized carbons (Fsp3) is 0.615. The second-order valence-corrected chi connectivity index (χ2v) is 4.97. The molecule has 1 fully saturated rings. The van der Waals surface area contributed by atoms with E-state index in [1.807, 2.05) is 7.05 Å². The van der Waals surface area contributed by atoms with E-state index >= 15 is 0 Å². The van der Waals surface area contributed by atoms with Gasteiger partial charge in [-0.05, 0) is 20.9 Å². The summed E-state index contributed by atoms with van der Waals surface area (Å²) in [5, 5.41) is 13.4. The van der Waals surface area contributed by atoms with Crippen LogP contribution in [-0.4, -0.2) is 67.3 Å². The number of nitrogens with one attached hydrogen (secondary N) is 2. The molecular formula is C13H21N3O5. The van der Waals surface area contributed by atoms with Gasteiger partial charge in [-0.2, -0.15) is 0 Å². The van der Waals surface area contributed by atoms with Crippen molar-refractivity contribution in [2.24, 2.45) is 0 Å². The molecule has 1 rings (SSSR count). The van der Waals surface area contributed by atoms with Gasteiger partial charge in [-0.3, -0.25) is 10.1 Å². The van der Waals surface area contributed by atoms with Crippen LogP contribution >= 0.6 is 0 Å². The van der Waals surface area contributed by atoms with Crippen LogP contribution in [0, 0.1) is 0 Å². The third-order valence-electron chi connectivity index (χ3n) is 3.28. The molecule has 0 aromatic heterocycles. The molecule has 1 aliphatic heterocycles. The summed E-state index contributed by atoms with van der Waals surface area (Å²) in [4.78, 5) is 36.1. The predicted molar refractivity (Wildman–Crippen MR) is 74.8 cm³/mol. The molecule has 0 aliphatic carbocycles. The van der Waals surface area contributed by atoms with Crippen molar-refractivity contribution >= 4 is 17.9 Å². The highest BCUT2D eigenvalue weighted by atomic mass is 16.5. The second kappa shape index (κ2) is 7.75. The number of carbonyl (C=O) groups excluding carboxylic acids is 2. The van der Waals surface area contributed by atoms with Crippen LogP contribution in [0.4, 0.5) is 4.79 Å². The Kier molecular flexibility index (Phi) is 6.32. The summed E-state index contributed by atoms with van der Waals surface area (Å²) in [5.41, 5.74) is -0.108. The van der Waals surface area contributed by atoms with Crippen molar-refractivity contribution in [3.8, 4) is 0 Å².